The summed E-state index contributed by atoms with van der Waals surface area (Å²) >= 11 is 0. The molecule has 1 aromatic carbocycles. The first-order chi connectivity index (χ1) is 11.5. The number of hydrogen-bond acceptors (Lipinski definition) is 4. The van der Waals surface area contributed by atoms with Crippen molar-refractivity contribution < 1.29 is 14.3 Å². The maximum absolute atomic E-state index is 12.3. The summed E-state index contributed by atoms with van der Waals surface area (Å²) in [7, 11) is 5.24. The van der Waals surface area contributed by atoms with Crippen molar-refractivity contribution in [2.24, 2.45) is 5.92 Å². The van der Waals surface area contributed by atoms with Crippen LogP contribution in [0.4, 0.5) is 0 Å². The van der Waals surface area contributed by atoms with Gasteiger partial charge in [-0.1, -0.05) is 25.8 Å². The molecule has 5 heteroatoms. The molecule has 0 heterocycles. The van der Waals surface area contributed by atoms with E-state index in [0.717, 1.165) is 23.5 Å². The van der Waals surface area contributed by atoms with E-state index in [9.17, 15) is 4.79 Å². The number of amides is 1. The monoisotopic (exact) mass is 334 g/mol. The van der Waals surface area contributed by atoms with Gasteiger partial charge in [-0.15, -0.1) is 0 Å². The second-order valence-corrected chi connectivity index (χ2v) is 6.79. The molecule has 0 bridgehead atoms. The van der Waals surface area contributed by atoms with E-state index in [4.69, 9.17) is 9.47 Å². The molecule has 5 nitrogen and oxygen atoms in total. The summed E-state index contributed by atoms with van der Waals surface area (Å²) < 4.78 is 10.6. The minimum Gasteiger partial charge on any atom is -0.497 e. The first-order valence-electron chi connectivity index (χ1n) is 8.72. The number of carbonyl (C=O) groups is 1. The van der Waals surface area contributed by atoms with Gasteiger partial charge in [0.2, 0.25) is 5.91 Å². The van der Waals surface area contributed by atoms with Crippen molar-refractivity contribution in [3.05, 3.63) is 23.8 Å². The largest absolute Gasteiger partial charge is 0.497 e. The third-order valence-corrected chi connectivity index (χ3v) is 4.81. The highest BCUT2D eigenvalue weighted by atomic mass is 16.5. The van der Waals surface area contributed by atoms with Crippen LogP contribution in [0.2, 0.25) is 0 Å². The quantitative estimate of drug-likeness (QED) is 0.833. The standard InChI is InChI=1S/C19H30N2O3/c1-14-7-5-6-8-17(14)20-19(22)13-21(2)12-15-9-10-16(23-3)11-18(15)24-4/h9-11,14,17H,5-8,12-13H2,1-4H3,(H,20,22)/t14-,17+/m1/s1. The second-order valence-electron chi connectivity index (χ2n) is 6.79. The molecule has 1 aromatic rings. The van der Waals surface area contributed by atoms with E-state index in [1.807, 2.05) is 30.1 Å². The van der Waals surface area contributed by atoms with Crippen molar-refractivity contribution in [1.82, 2.24) is 10.2 Å². The van der Waals surface area contributed by atoms with E-state index in [1.54, 1.807) is 14.2 Å². The summed E-state index contributed by atoms with van der Waals surface area (Å²) in [6.07, 6.45) is 4.81. The Balaban J connectivity index is 1.88. The van der Waals surface area contributed by atoms with Crippen LogP contribution in [0.3, 0.4) is 0 Å². The number of benzene rings is 1. The van der Waals surface area contributed by atoms with Gasteiger partial charge in [0.1, 0.15) is 11.5 Å². The van der Waals surface area contributed by atoms with Crippen molar-refractivity contribution in [1.29, 1.82) is 0 Å². The molecule has 1 aliphatic carbocycles. The first-order valence-corrected chi connectivity index (χ1v) is 8.72. The molecule has 1 N–H and O–H groups in total. The van der Waals surface area contributed by atoms with E-state index >= 15 is 0 Å². The summed E-state index contributed by atoms with van der Waals surface area (Å²) in [5.74, 6) is 2.23. The van der Waals surface area contributed by atoms with Crippen LogP contribution in [0, 0.1) is 5.92 Å². The fourth-order valence-corrected chi connectivity index (χ4v) is 3.36. The third-order valence-electron chi connectivity index (χ3n) is 4.81. The predicted octanol–water partition coefficient (Wildman–Crippen LogP) is 2.83. The number of likely N-dealkylation sites (N-methyl/N-ethyl adjacent to an activating group) is 1. The number of carbonyl (C=O) groups excluding carboxylic acids is 1. The molecule has 1 fully saturated rings. The smallest absolute Gasteiger partial charge is 0.234 e. The molecular weight excluding hydrogens is 304 g/mol. The number of hydrogen-bond donors (Lipinski definition) is 1. The fraction of sp³-hybridized carbons (Fsp3) is 0.632. The minimum absolute atomic E-state index is 0.101. The molecule has 0 radical (unpaired) electrons. The predicted molar refractivity (Wildman–Crippen MR) is 95.4 cm³/mol. The Morgan fingerprint density at radius 3 is 2.67 bits per heavy atom. The topological polar surface area (TPSA) is 50.8 Å². The Kier molecular flexibility index (Phi) is 6.91. The summed E-state index contributed by atoms with van der Waals surface area (Å²) in [5.41, 5.74) is 1.04. The Labute approximate surface area is 145 Å². The van der Waals surface area contributed by atoms with Crippen LogP contribution in [0.1, 0.15) is 38.2 Å². The van der Waals surface area contributed by atoms with Gasteiger partial charge in [-0.2, -0.15) is 0 Å². The van der Waals surface area contributed by atoms with Crippen molar-refractivity contribution in [3.8, 4) is 11.5 Å². The normalized spacial score (nSPS) is 20.7. The van der Waals surface area contributed by atoms with E-state index < -0.39 is 0 Å². The molecule has 0 unspecified atom stereocenters. The lowest BCUT2D eigenvalue weighted by Gasteiger charge is -2.30. The maximum Gasteiger partial charge on any atom is 0.234 e. The van der Waals surface area contributed by atoms with Gasteiger partial charge in [0.05, 0.1) is 20.8 Å². The molecule has 0 aromatic heterocycles. The van der Waals surface area contributed by atoms with Gasteiger partial charge in [-0.3, -0.25) is 9.69 Å². The second kappa shape index (κ2) is 8.92. The average Bonchev–Trinajstić information content (AvgIpc) is 2.57. The molecule has 1 amide bonds. The lowest BCUT2D eigenvalue weighted by molar-refractivity contribution is -0.123. The van der Waals surface area contributed by atoms with E-state index in [2.05, 4.69) is 12.2 Å². The Bertz CT molecular complexity index is 547. The first kappa shape index (κ1) is 18.6. The Morgan fingerprint density at radius 2 is 2.00 bits per heavy atom. The van der Waals surface area contributed by atoms with Crippen molar-refractivity contribution in [3.63, 3.8) is 0 Å². The summed E-state index contributed by atoms with van der Waals surface area (Å²) in [4.78, 5) is 14.3. The van der Waals surface area contributed by atoms with Crippen molar-refractivity contribution >= 4 is 5.91 Å². The Morgan fingerprint density at radius 1 is 1.25 bits per heavy atom. The zero-order valence-corrected chi connectivity index (χ0v) is 15.3. The molecule has 0 spiro atoms. The molecule has 134 valence electrons. The van der Waals surface area contributed by atoms with Crippen LogP contribution in [-0.4, -0.2) is 44.7 Å². The van der Waals surface area contributed by atoms with Gasteiger partial charge < -0.3 is 14.8 Å². The highest BCUT2D eigenvalue weighted by molar-refractivity contribution is 5.78. The molecule has 2 atom stereocenters. The van der Waals surface area contributed by atoms with E-state index in [0.29, 0.717) is 25.0 Å². The van der Waals surface area contributed by atoms with E-state index in [-0.39, 0.29) is 5.91 Å². The number of ether oxygens (including phenoxy) is 2. The van der Waals surface area contributed by atoms with Crippen molar-refractivity contribution in [2.45, 2.75) is 45.2 Å². The zero-order chi connectivity index (χ0) is 17.5. The number of rotatable bonds is 7. The van der Waals surface area contributed by atoms with Crippen LogP contribution in [0.25, 0.3) is 0 Å². The van der Waals surface area contributed by atoms with Gasteiger partial charge in [0.25, 0.3) is 0 Å². The summed E-state index contributed by atoms with van der Waals surface area (Å²) in [6.45, 7) is 3.27. The van der Waals surface area contributed by atoms with Crippen LogP contribution in [0.5, 0.6) is 11.5 Å². The minimum atomic E-state index is 0.101. The maximum atomic E-state index is 12.3. The average molecular weight is 334 g/mol. The fourth-order valence-electron chi connectivity index (χ4n) is 3.36. The number of nitrogens with zero attached hydrogens (tertiary/aromatic N) is 1. The lowest BCUT2D eigenvalue weighted by Crippen LogP contribution is -2.44. The SMILES string of the molecule is COc1ccc(CN(C)CC(=O)N[C@H]2CCCC[C@H]2C)c(OC)c1. The highest BCUT2D eigenvalue weighted by Crippen LogP contribution is 2.26. The van der Waals surface area contributed by atoms with Gasteiger partial charge in [-0.05, 0) is 31.9 Å². The third kappa shape index (κ3) is 5.13. The van der Waals surface area contributed by atoms with Gasteiger partial charge in [0, 0.05) is 24.2 Å². The molecule has 2 rings (SSSR count). The molecule has 24 heavy (non-hydrogen) atoms. The highest BCUT2D eigenvalue weighted by Gasteiger charge is 2.23. The van der Waals surface area contributed by atoms with Gasteiger partial charge in [-0.25, -0.2) is 0 Å². The van der Waals surface area contributed by atoms with Crippen LogP contribution >= 0.6 is 0 Å². The van der Waals surface area contributed by atoms with Gasteiger partial charge in [0.15, 0.2) is 0 Å². The van der Waals surface area contributed by atoms with E-state index in [1.165, 1.54) is 19.3 Å². The summed E-state index contributed by atoms with van der Waals surface area (Å²) in [5, 5.41) is 3.20. The number of nitrogens with one attached hydrogen (secondary N) is 1. The van der Waals surface area contributed by atoms with Crippen molar-refractivity contribution in [2.75, 3.05) is 27.8 Å². The van der Waals surface area contributed by atoms with Crippen LogP contribution < -0.4 is 14.8 Å². The summed E-state index contributed by atoms with van der Waals surface area (Å²) in [6, 6.07) is 6.09. The number of methoxy groups -OCH3 is 2. The van der Waals surface area contributed by atoms with Gasteiger partial charge >= 0.3 is 0 Å². The zero-order valence-electron chi connectivity index (χ0n) is 15.3. The molecule has 1 saturated carbocycles. The lowest BCUT2D eigenvalue weighted by atomic mass is 9.86. The molecule has 0 aliphatic heterocycles. The Hall–Kier alpha value is -1.75. The van der Waals surface area contributed by atoms with Crippen LogP contribution in [0.15, 0.2) is 18.2 Å². The van der Waals surface area contributed by atoms with Crippen LogP contribution in [-0.2, 0) is 11.3 Å². The molecule has 1 aliphatic rings. The molecular formula is C19H30N2O3. The molecule has 0 saturated heterocycles.